The van der Waals surface area contributed by atoms with Crippen molar-refractivity contribution in [2.24, 2.45) is 0 Å². The van der Waals surface area contributed by atoms with Crippen molar-refractivity contribution < 1.29 is 9.53 Å². The highest BCUT2D eigenvalue weighted by molar-refractivity contribution is 7.99. The van der Waals surface area contributed by atoms with E-state index in [1.807, 2.05) is 79.0 Å². The molecule has 6 nitrogen and oxygen atoms in total. The van der Waals surface area contributed by atoms with Crippen LogP contribution in [0.1, 0.15) is 5.56 Å². The molecule has 0 aliphatic heterocycles. The molecular formula is C30H25N3O3S2. The number of thiophene rings is 1. The Morgan fingerprint density at radius 3 is 2.61 bits per heavy atom. The number of para-hydroxylation sites is 1. The number of anilines is 1. The van der Waals surface area contributed by atoms with Crippen LogP contribution in [0.2, 0.25) is 0 Å². The molecule has 2 aromatic heterocycles. The SMILES string of the molecule is C=CCn1c(SCC(=O)Nc2cccc(Oc3ccccc3)c2)nc2scc(-c3ccc(C)cc3)c2c1=O. The number of nitrogens with zero attached hydrogens (tertiary/aromatic N) is 2. The number of nitrogens with one attached hydrogen (secondary N) is 1. The van der Waals surface area contributed by atoms with Crippen molar-refractivity contribution in [3.05, 3.63) is 113 Å². The van der Waals surface area contributed by atoms with Crippen LogP contribution >= 0.6 is 23.1 Å². The third-order valence-electron chi connectivity index (χ3n) is 5.76. The summed E-state index contributed by atoms with van der Waals surface area (Å²) in [6, 6.07) is 24.8. The molecule has 190 valence electrons. The van der Waals surface area contributed by atoms with E-state index in [1.54, 1.807) is 22.8 Å². The van der Waals surface area contributed by atoms with Crippen LogP contribution in [0.5, 0.6) is 11.5 Å². The molecule has 5 aromatic rings. The molecule has 1 N–H and O–H groups in total. The molecule has 0 unspecified atom stereocenters. The highest BCUT2D eigenvalue weighted by Gasteiger charge is 2.18. The molecule has 0 spiro atoms. The van der Waals surface area contributed by atoms with Crippen LogP contribution in [-0.4, -0.2) is 21.2 Å². The van der Waals surface area contributed by atoms with Gasteiger partial charge in [0.15, 0.2) is 5.16 Å². The Bertz CT molecular complexity index is 1660. The van der Waals surface area contributed by atoms with Gasteiger partial charge in [0.2, 0.25) is 5.91 Å². The number of amides is 1. The average Bonchev–Trinajstić information content (AvgIpc) is 3.35. The molecule has 0 saturated heterocycles. The second-order valence-electron chi connectivity index (χ2n) is 8.57. The first-order chi connectivity index (χ1) is 18.5. The number of benzene rings is 3. The number of aromatic nitrogens is 2. The molecule has 0 bridgehead atoms. The first-order valence-corrected chi connectivity index (χ1v) is 13.8. The number of ether oxygens (including phenoxy) is 1. The van der Waals surface area contributed by atoms with E-state index in [-0.39, 0.29) is 17.2 Å². The van der Waals surface area contributed by atoms with E-state index in [2.05, 4.69) is 11.9 Å². The maximum absolute atomic E-state index is 13.5. The lowest BCUT2D eigenvalue weighted by molar-refractivity contribution is -0.113. The monoisotopic (exact) mass is 539 g/mol. The van der Waals surface area contributed by atoms with Crippen LogP contribution in [-0.2, 0) is 11.3 Å². The zero-order valence-corrected chi connectivity index (χ0v) is 22.4. The van der Waals surface area contributed by atoms with Gasteiger partial charge in [0, 0.05) is 29.2 Å². The lowest BCUT2D eigenvalue weighted by Crippen LogP contribution is -2.23. The van der Waals surface area contributed by atoms with Gasteiger partial charge in [-0.25, -0.2) is 4.98 Å². The fraction of sp³-hybridized carbons (Fsp3) is 0.100. The minimum absolute atomic E-state index is 0.0923. The van der Waals surface area contributed by atoms with Crippen LogP contribution in [0.15, 0.2) is 107 Å². The van der Waals surface area contributed by atoms with Gasteiger partial charge in [-0.15, -0.1) is 17.9 Å². The Morgan fingerprint density at radius 2 is 1.84 bits per heavy atom. The third-order valence-corrected chi connectivity index (χ3v) is 7.61. The van der Waals surface area contributed by atoms with E-state index in [9.17, 15) is 9.59 Å². The number of hydrogen-bond donors (Lipinski definition) is 1. The summed E-state index contributed by atoms with van der Waals surface area (Å²) in [7, 11) is 0. The largest absolute Gasteiger partial charge is 0.457 e. The number of hydrogen-bond acceptors (Lipinski definition) is 6. The first-order valence-electron chi connectivity index (χ1n) is 12.0. The topological polar surface area (TPSA) is 73.2 Å². The summed E-state index contributed by atoms with van der Waals surface area (Å²) in [5.74, 6) is 1.22. The molecule has 3 aromatic carbocycles. The zero-order chi connectivity index (χ0) is 26.5. The summed E-state index contributed by atoms with van der Waals surface area (Å²) in [6.45, 7) is 6.13. The maximum Gasteiger partial charge on any atom is 0.263 e. The molecular weight excluding hydrogens is 514 g/mol. The number of carbonyl (C=O) groups is 1. The minimum Gasteiger partial charge on any atom is -0.457 e. The van der Waals surface area contributed by atoms with Gasteiger partial charge in [-0.05, 0) is 36.8 Å². The molecule has 2 heterocycles. The molecule has 0 radical (unpaired) electrons. The smallest absolute Gasteiger partial charge is 0.263 e. The Kier molecular flexibility index (Phi) is 7.72. The van der Waals surface area contributed by atoms with Crippen LogP contribution in [0.25, 0.3) is 21.3 Å². The minimum atomic E-state index is -0.210. The van der Waals surface area contributed by atoms with Crippen LogP contribution < -0.4 is 15.6 Å². The molecule has 0 aliphatic rings. The molecule has 0 aliphatic carbocycles. The lowest BCUT2D eigenvalue weighted by Gasteiger charge is -2.11. The standard InChI is InChI=1S/C30H25N3O3S2/c1-3-16-33-29(35)27-25(21-14-12-20(2)13-15-21)18-37-28(27)32-30(33)38-19-26(34)31-22-8-7-11-24(17-22)36-23-9-5-4-6-10-23/h3-15,17-18H,1,16,19H2,2H3,(H,31,34). The summed E-state index contributed by atoms with van der Waals surface area (Å²) in [5, 5.41) is 5.94. The molecule has 0 saturated carbocycles. The number of thioether (sulfide) groups is 1. The van der Waals surface area contributed by atoms with E-state index < -0.39 is 0 Å². The van der Waals surface area contributed by atoms with Crippen LogP contribution in [0.3, 0.4) is 0 Å². The predicted molar refractivity (Wildman–Crippen MR) is 157 cm³/mol. The Labute approximate surface area is 228 Å². The molecule has 8 heteroatoms. The van der Waals surface area contributed by atoms with E-state index in [0.717, 1.165) is 16.7 Å². The van der Waals surface area contributed by atoms with E-state index >= 15 is 0 Å². The normalized spacial score (nSPS) is 10.9. The molecule has 38 heavy (non-hydrogen) atoms. The van der Waals surface area contributed by atoms with Crippen LogP contribution in [0, 0.1) is 6.92 Å². The summed E-state index contributed by atoms with van der Waals surface area (Å²) < 4.78 is 7.43. The first kappa shape index (κ1) is 25.5. The Hall–Kier alpha value is -4.14. The molecule has 5 rings (SSSR count). The lowest BCUT2D eigenvalue weighted by atomic mass is 10.1. The van der Waals surface area contributed by atoms with E-state index in [0.29, 0.717) is 39.1 Å². The second-order valence-corrected chi connectivity index (χ2v) is 10.4. The predicted octanol–water partition coefficient (Wildman–Crippen LogP) is 7.14. The van der Waals surface area contributed by atoms with Gasteiger partial charge in [0.05, 0.1) is 11.1 Å². The zero-order valence-electron chi connectivity index (χ0n) is 20.7. The highest BCUT2D eigenvalue weighted by atomic mass is 32.2. The van der Waals surface area contributed by atoms with Crippen molar-refractivity contribution in [3.8, 4) is 22.6 Å². The summed E-state index contributed by atoms with van der Waals surface area (Å²) >= 11 is 2.65. The van der Waals surface area contributed by atoms with Gasteiger partial charge in [0.1, 0.15) is 16.3 Å². The van der Waals surface area contributed by atoms with Crippen molar-refractivity contribution in [2.75, 3.05) is 11.1 Å². The number of fused-ring (bicyclic) bond motifs is 1. The van der Waals surface area contributed by atoms with Gasteiger partial charge >= 0.3 is 0 Å². The van der Waals surface area contributed by atoms with Crippen molar-refractivity contribution >= 4 is 44.9 Å². The number of carbonyl (C=O) groups excluding carboxylic acids is 1. The van der Waals surface area contributed by atoms with Gasteiger partial charge in [-0.1, -0.05) is 71.9 Å². The van der Waals surface area contributed by atoms with E-state index in [4.69, 9.17) is 9.72 Å². The van der Waals surface area contributed by atoms with Crippen LogP contribution in [0.4, 0.5) is 5.69 Å². The third kappa shape index (κ3) is 5.72. The maximum atomic E-state index is 13.5. The van der Waals surface area contributed by atoms with Crippen molar-refractivity contribution in [2.45, 2.75) is 18.6 Å². The quantitative estimate of drug-likeness (QED) is 0.122. The van der Waals surface area contributed by atoms with Gasteiger partial charge in [-0.2, -0.15) is 0 Å². The fourth-order valence-corrected chi connectivity index (χ4v) is 5.74. The fourth-order valence-electron chi connectivity index (χ4n) is 3.94. The van der Waals surface area contributed by atoms with Gasteiger partial charge in [0.25, 0.3) is 5.56 Å². The summed E-state index contributed by atoms with van der Waals surface area (Å²) in [5.41, 5.74) is 3.48. The average molecular weight is 540 g/mol. The number of aryl methyl sites for hydroxylation is 1. The summed E-state index contributed by atoms with van der Waals surface area (Å²) in [6.07, 6.45) is 1.66. The summed E-state index contributed by atoms with van der Waals surface area (Å²) in [4.78, 5) is 31.7. The van der Waals surface area contributed by atoms with Gasteiger partial charge < -0.3 is 10.1 Å². The Morgan fingerprint density at radius 1 is 1.08 bits per heavy atom. The number of allylic oxidation sites excluding steroid dienone is 1. The molecule has 1 amide bonds. The number of rotatable bonds is 9. The second kappa shape index (κ2) is 11.5. The van der Waals surface area contributed by atoms with Crippen molar-refractivity contribution in [1.82, 2.24) is 9.55 Å². The molecule has 0 atom stereocenters. The van der Waals surface area contributed by atoms with Crippen molar-refractivity contribution in [1.29, 1.82) is 0 Å². The van der Waals surface area contributed by atoms with Gasteiger partial charge in [-0.3, -0.25) is 14.2 Å². The molecule has 0 fully saturated rings. The van der Waals surface area contributed by atoms with Crippen molar-refractivity contribution in [3.63, 3.8) is 0 Å². The Balaban J connectivity index is 1.33. The highest BCUT2D eigenvalue weighted by Crippen LogP contribution is 2.32. The van der Waals surface area contributed by atoms with E-state index in [1.165, 1.54) is 23.1 Å².